The molecule has 1 aliphatic rings. The van der Waals surface area contributed by atoms with Gasteiger partial charge in [0.15, 0.2) is 0 Å². The Bertz CT molecular complexity index is 559. The summed E-state index contributed by atoms with van der Waals surface area (Å²) >= 11 is 3.54. The van der Waals surface area contributed by atoms with Gasteiger partial charge in [-0.05, 0) is 55.5 Å². The van der Waals surface area contributed by atoms with Gasteiger partial charge in [-0.1, -0.05) is 28.1 Å². The van der Waals surface area contributed by atoms with Crippen LogP contribution in [0, 0.1) is 6.92 Å². The fraction of sp³-hybridized carbons (Fsp3) is 0.312. The Balaban J connectivity index is 1.57. The molecule has 1 aliphatic carbocycles. The van der Waals surface area contributed by atoms with E-state index >= 15 is 0 Å². The fourth-order valence-electron chi connectivity index (χ4n) is 2.56. The van der Waals surface area contributed by atoms with Crippen LogP contribution in [0.15, 0.2) is 47.1 Å². The van der Waals surface area contributed by atoms with Crippen molar-refractivity contribution < 1.29 is 0 Å². The third-order valence-electron chi connectivity index (χ3n) is 3.74. The van der Waals surface area contributed by atoms with Crippen molar-refractivity contribution >= 4 is 21.6 Å². The van der Waals surface area contributed by atoms with E-state index in [-0.39, 0.29) is 0 Å². The predicted octanol–water partition coefficient (Wildman–Crippen LogP) is 4.51. The molecule has 0 unspecified atom stereocenters. The number of pyridine rings is 1. The maximum Gasteiger partial charge on any atom is 0.0529 e. The first kappa shape index (κ1) is 12.7. The number of halogens is 1. The second-order valence-electron chi connectivity index (χ2n) is 5.25. The van der Waals surface area contributed by atoms with E-state index in [4.69, 9.17) is 0 Å². The van der Waals surface area contributed by atoms with E-state index in [1.807, 2.05) is 19.2 Å². The van der Waals surface area contributed by atoms with Crippen LogP contribution >= 0.6 is 15.9 Å². The molecular formula is C16H17BrN2. The third kappa shape index (κ3) is 2.98. The lowest BCUT2D eigenvalue weighted by molar-refractivity contribution is 0.374. The summed E-state index contributed by atoms with van der Waals surface area (Å²) in [6.07, 6.45) is 4.32. The zero-order valence-corrected chi connectivity index (χ0v) is 12.5. The molecule has 3 heteroatoms. The van der Waals surface area contributed by atoms with Crippen molar-refractivity contribution in [2.24, 2.45) is 0 Å². The Morgan fingerprint density at radius 2 is 2.05 bits per heavy atom. The van der Waals surface area contributed by atoms with Gasteiger partial charge < -0.3 is 5.32 Å². The first-order valence-electron chi connectivity index (χ1n) is 6.65. The van der Waals surface area contributed by atoms with E-state index in [2.05, 4.69) is 56.6 Å². The van der Waals surface area contributed by atoms with Crippen LogP contribution in [0.1, 0.15) is 30.0 Å². The Kier molecular flexibility index (Phi) is 3.56. The van der Waals surface area contributed by atoms with E-state index in [9.17, 15) is 0 Å². The summed E-state index contributed by atoms with van der Waals surface area (Å²) in [5.74, 6) is 0.688. The molecule has 0 spiro atoms. The van der Waals surface area contributed by atoms with Crippen molar-refractivity contribution in [2.45, 2.75) is 31.7 Å². The third-order valence-corrected chi connectivity index (χ3v) is 4.23. The molecule has 1 saturated carbocycles. The summed E-state index contributed by atoms with van der Waals surface area (Å²) in [4.78, 5) is 4.31. The number of anilines is 1. The molecule has 1 heterocycles. The van der Waals surface area contributed by atoms with Gasteiger partial charge in [-0.3, -0.25) is 4.98 Å². The van der Waals surface area contributed by atoms with E-state index in [1.54, 1.807) is 0 Å². The van der Waals surface area contributed by atoms with Crippen LogP contribution in [0.25, 0.3) is 0 Å². The molecule has 3 rings (SSSR count). The van der Waals surface area contributed by atoms with Crippen molar-refractivity contribution in [2.75, 3.05) is 5.32 Å². The monoisotopic (exact) mass is 316 g/mol. The first-order chi connectivity index (χ1) is 9.20. The van der Waals surface area contributed by atoms with Gasteiger partial charge in [0.1, 0.15) is 0 Å². The van der Waals surface area contributed by atoms with Crippen LogP contribution in [0.5, 0.6) is 0 Å². The number of nitrogens with one attached hydrogen (secondary N) is 1. The molecule has 1 fully saturated rings. The summed E-state index contributed by atoms with van der Waals surface area (Å²) < 4.78 is 1.17. The van der Waals surface area contributed by atoms with E-state index in [0.717, 1.165) is 11.4 Å². The highest BCUT2D eigenvalue weighted by molar-refractivity contribution is 9.10. The van der Waals surface area contributed by atoms with Gasteiger partial charge in [0.05, 0.1) is 11.9 Å². The molecule has 0 saturated heterocycles. The van der Waals surface area contributed by atoms with Gasteiger partial charge >= 0.3 is 0 Å². The number of aryl methyl sites for hydroxylation is 1. The maximum absolute atomic E-state index is 4.31. The number of benzene rings is 1. The van der Waals surface area contributed by atoms with E-state index in [1.165, 1.54) is 22.9 Å². The van der Waals surface area contributed by atoms with E-state index in [0.29, 0.717) is 12.0 Å². The van der Waals surface area contributed by atoms with Crippen LogP contribution in [0.2, 0.25) is 0 Å². The topological polar surface area (TPSA) is 24.9 Å². The number of aromatic nitrogens is 1. The molecule has 0 bridgehead atoms. The average Bonchev–Trinajstić information content (AvgIpc) is 2.35. The Labute approximate surface area is 122 Å². The van der Waals surface area contributed by atoms with Crippen molar-refractivity contribution in [3.8, 4) is 0 Å². The molecule has 1 aromatic heterocycles. The number of hydrogen-bond donors (Lipinski definition) is 1. The van der Waals surface area contributed by atoms with Gasteiger partial charge in [0.25, 0.3) is 0 Å². The second-order valence-corrected chi connectivity index (χ2v) is 6.17. The Morgan fingerprint density at radius 1 is 1.21 bits per heavy atom. The normalized spacial score (nSPS) is 21.8. The Morgan fingerprint density at radius 3 is 2.74 bits per heavy atom. The van der Waals surface area contributed by atoms with Crippen molar-refractivity contribution in [1.29, 1.82) is 0 Å². The fourth-order valence-corrected chi connectivity index (χ4v) is 2.97. The SMILES string of the molecule is Cc1ccc(NC2CC(c3cccc(Br)c3)C2)cn1. The van der Waals surface area contributed by atoms with Crippen LogP contribution in [-0.2, 0) is 0 Å². The van der Waals surface area contributed by atoms with Crippen LogP contribution in [-0.4, -0.2) is 11.0 Å². The minimum Gasteiger partial charge on any atom is -0.381 e. The molecule has 1 N–H and O–H groups in total. The molecule has 0 atom stereocenters. The van der Waals surface area contributed by atoms with Crippen LogP contribution in [0.3, 0.4) is 0 Å². The lowest BCUT2D eigenvalue weighted by atomic mass is 9.76. The molecule has 0 amide bonds. The van der Waals surface area contributed by atoms with E-state index < -0.39 is 0 Å². The minimum absolute atomic E-state index is 0.577. The van der Waals surface area contributed by atoms with Gasteiger partial charge in [0.2, 0.25) is 0 Å². The quantitative estimate of drug-likeness (QED) is 0.901. The van der Waals surface area contributed by atoms with Crippen molar-refractivity contribution in [1.82, 2.24) is 4.98 Å². The second kappa shape index (κ2) is 5.33. The molecule has 0 aliphatic heterocycles. The van der Waals surface area contributed by atoms with Crippen LogP contribution in [0.4, 0.5) is 5.69 Å². The molecule has 0 radical (unpaired) electrons. The summed E-state index contributed by atoms with van der Waals surface area (Å²) in [6.45, 7) is 2.01. The zero-order valence-electron chi connectivity index (χ0n) is 10.9. The highest BCUT2D eigenvalue weighted by Gasteiger charge is 2.30. The smallest absolute Gasteiger partial charge is 0.0529 e. The molecule has 19 heavy (non-hydrogen) atoms. The Hall–Kier alpha value is -1.35. The highest BCUT2D eigenvalue weighted by atomic mass is 79.9. The molecular weight excluding hydrogens is 300 g/mol. The summed E-state index contributed by atoms with van der Waals surface area (Å²) in [5.41, 5.74) is 3.63. The minimum atomic E-state index is 0.577. The molecule has 2 aromatic rings. The number of rotatable bonds is 3. The average molecular weight is 317 g/mol. The van der Waals surface area contributed by atoms with Crippen molar-refractivity contribution in [3.63, 3.8) is 0 Å². The van der Waals surface area contributed by atoms with Gasteiger partial charge in [-0.25, -0.2) is 0 Å². The lowest BCUT2D eigenvalue weighted by Crippen LogP contribution is -2.34. The lowest BCUT2D eigenvalue weighted by Gasteiger charge is -2.37. The summed E-state index contributed by atoms with van der Waals surface area (Å²) in [7, 11) is 0. The van der Waals surface area contributed by atoms with Gasteiger partial charge in [-0.2, -0.15) is 0 Å². The zero-order chi connectivity index (χ0) is 13.2. The predicted molar refractivity (Wildman–Crippen MR) is 82.5 cm³/mol. The standard InChI is InChI=1S/C16H17BrN2/c1-11-5-6-15(10-18-11)19-16-8-13(9-16)12-3-2-4-14(17)7-12/h2-7,10,13,16,19H,8-9H2,1H3. The van der Waals surface area contributed by atoms with Gasteiger partial charge in [-0.15, -0.1) is 0 Å². The van der Waals surface area contributed by atoms with Crippen LogP contribution < -0.4 is 5.32 Å². The summed E-state index contributed by atoms with van der Waals surface area (Å²) in [5, 5.41) is 3.55. The number of hydrogen-bond acceptors (Lipinski definition) is 2. The van der Waals surface area contributed by atoms with Crippen molar-refractivity contribution in [3.05, 3.63) is 58.3 Å². The molecule has 2 nitrogen and oxygen atoms in total. The maximum atomic E-state index is 4.31. The largest absolute Gasteiger partial charge is 0.381 e. The van der Waals surface area contributed by atoms with Gasteiger partial charge in [0, 0.05) is 16.2 Å². The first-order valence-corrected chi connectivity index (χ1v) is 7.44. The molecule has 1 aromatic carbocycles. The highest BCUT2D eigenvalue weighted by Crippen LogP contribution is 2.39. The number of nitrogens with zero attached hydrogens (tertiary/aromatic N) is 1. The summed E-state index contributed by atoms with van der Waals surface area (Å²) in [6, 6.07) is 13.4. The molecule has 98 valence electrons.